The van der Waals surface area contributed by atoms with Crippen LogP contribution in [-0.4, -0.2) is 68.4 Å². The van der Waals surface area contributed by atoms with Crippen molar-refractivity contribution in [2.45, 2.75) is 31.8 Å². The van der Waals surface area contributed by atoms with Crippen LogP contribution in [0.5, 0.6) is 0 Å². The summed E-state index contributed by atoms with van der Waals surface area (Å²) in [7, 11) is 3.60. The topological polar surface area (TPSA) is 53.8 Å². The van der Waals surface area contributed by atoms with Gasteiger partial charge in [-0.1, -0.05) is 18.2 Å². The summed E-state index contributed by atoms with van der Waals surface area (Å²) in [6.07, 6.45) is 5.88. The monoisotopic (exact) mass is 371 g/mol. The van der Waals surface area contributed by atoms with Crippen LogP contribution < -0.4 is 10.6 Å². The maximum absolute atomic E-state index is 5.22. The van der Waals surface area contributed by atoms with Crippen molar-refractivity contribution in [1.82, 2.24) is 20.1 Å². The summed E-state index contributed by atoms with van der Waals surface area (Å²) in [6, 6.07) is 11.5. The summed E-state index contributed by atoms with van der Waals surface area (Å²) in [4.78, 5) is 6.85. The molecule has 0 aliphatic heterocycles. The second-order valence-corrected chi connectivity index (χ2v) is 7.11. The van der Waals surface area contributed by atoms with E-state index in [-0.39, 0.29) is 0 Å². The van der Waals surface area contributed by atoms with Gasteiger partial charge in [0.25, 0.3) is 0 Å². The largest absolute Gasteiger partial charge is 0.383 e. The van der Waals surface area contributed by atoms with Crippen molar-refractivity contribution in [1.29, 1.82) is 0 Å². The number of rotatable bonds is 11. The van der Waals surface area contributed by atoms with Crippen molar-refractivity contribution >= 4 is 16.9 Å². The van der Waals surface area contributed by atoms with Crippen LogP contribution in [0.25, 0.3) is 10.9 Å². The first-order valence-corrected chi connectivity index (χ1v) is 10.0. The van der Waals surface area contributed by atoms with E-state index in [9.17, 15) is 0 Å². The zero-order chi connectivity index (χ0) is 18.9. The van der Waals surface area contributed by atoms with E-state index in [1.165, 1.54) is 23.7 Å². The highest BCUT2D eigenvalue weighted by Crippen LogP contribution is 2.25. The quantitative estimate of drug-likeness (QED) is 0.362. The molecular weight excluding hydrogens is 338 g/mol. The van der Waals surface area contributed by atoms with Crippen LogP contribution in [0, 0.1) is 0 Å². The molecule has 1 aliphatic carbocycles. The highest BCUT2D eigenvalue weighted by Gasteiger charge is 2.28. The Bertz CT molecular complexity index is 722. The molecule has 1 fully saturated rings. The highest BCUT2D eigenvalue weighted by molar-refractivity contribution is 5.80. The van der Waals surface area contributed by atoms with Crippen LogP contribution in [0.3, 0.4) is 0 Å². The number of hydrogen-bond acceptors (Lipinski definition) is 3. The number of ether oxygens (including phenoxy) is 1. The molecule has 2 N–H and O–H groups in total. The fourth-order valence-corrected chi connectivity index (χ4v) is 3.46. The summed E-state index contributed by atoms with van der Waals surface area (Å²) < 4.78 is 7.54. The number of methoxy groups -OCH3 is 1. The molecule has 1 aromatic carbocycles. The zero-order valence-electron chi connectivity index (χ0n) is 16.7. The third kappa shape index (κ3) is 5.97. The van der Waals surface area contributed by atoms with Crippen LogP contribution in [0.4, 0.5) is 0 Å². The third-order valence-corrected chi connectivity index (χ3v) is 5.11. The number of nitrogens with zero attached hydrogens (tertiary/aromatic N) is 3. The number of aryl methyl sites for hydroxylation is 1. The molecule has 1 aromatic heterocycles. The molecule has 1 saturated carbocycles. The molecule has 6 heteroatoms. The Hall–Kier alpha value is -2.05. The molecule has 2 aromatic rings. The van der Waals surface area contributed by atoms with Gasteiger partial charge in [0.15, 0.2) is 5.96 Å². The Balaban J connectivity index is 1.34. The molecule has 1 heterocycles. The van der Waals surface area contributed by atoms with E-state index in [0.29, 0.717) is 0 Å². The fourth-order valence-electron chi connectivity index (χ4n) is 3.46. The normalized spacial score (nSPS) is 14.9. The first kappa shape index (κ1) is 19.7. The summed E-state index contributed by atoms with van der Waals surface area (Å²) in [6.45, 7) is 5.66. The Kier molecular flexibility index (Phi) is 7.54. The summed E-state index contributed by atoms with van der Waals surface area (Å²) in [5.74, 6) is 0.884. The minimum Gasteiger partial charge on any atom is -0.383 e. The molecule has 27 heavy (non-hydrogen) atoms. The lowest BCUT2D eigenvalue weighted by Crippen LogP contribution is -2.43. The van der Waals surface area contributed by atoms with E-state index in [2.05, 4.69) is 61.6 Å². The van der Waals surface area contributed by atoms with Crippen LogP contribution in [0.1, 0.15) is 19.3 Å². The number of fused-ring (bicyclic) bond motifs is 1. The van der Waals surface area contributed by atoms with Gasteiger partial charge < -0.3 is 19.9 Å². The Morgan fingerprint density at radius 2 is 2.00 bits per heavy atom. The van der Waals surface area contributed by atoms with E-state index < -0.39 is 0 Å². The minimum absolute atomic E-state index is 0.758. The van der Waals surface area contributed by atoms with Crippen molar-refractivity contribution in [2.24, 2.45) is 4.99 Å². The molecule has 0 amide bonds. The smallest absolute Gasteiger partial charge is 0.191 e. The molecule has 0 saturated heterocycles. The maximum Gasteiger partial charge on any atom is 0.191 e. The van der Waals surface area contributed by atoms with E-state index >= 15 is 0 Å². The van der Waals surface area contributed by atoms with Crippen molar-refractivity contribution in [3.05, 3.63) is 36.5 Å². The molecule has 0 unspecified atom stereocenters. The molecule has 0 atom stereocenters. The predicted octanol–water partition coefficient (Wildman–Crippen LogP) is 2.31. The molecule has 1 aliphatic rings. The molecule has 6 nitrogen and oxygen atoms in total. The molecule has 0 spiro atoms. The van der Waals surface area contributed by atoms with Gasteiger partial charge in [-0.25, -0.2) is 0 Å². The SMILES string of the molecule is CN=C(NCCCn1ccc2ccccc21)NCCN(CCOC)C1CC1. The molecule has 3 rings (SSSR count). The van der Waals surface area contributed by atoms with Gasteiger partial charge in [0.05, 0.1) is 6.61 Å². The standard InChI is InChI=1S/C21H33N5O/c1-22-21(24-12-15-25(16-17-27-2)19-8-9-19)23-11-5-13-26-14-10-18-6-3-4-7-20(18)26/h3-4,6-7,10,14,19H,5,8-9,11-13,15-17H2,1-2H3,(H2,22,23,24). The number of aromatic nitrogens is 1. The van der Waals surface area contributed by atoms with E-state index in [0.717, 1.165) is 57.8 Å². The fraction of sp³-hybridized carbons (Fsp3) is 0.571. The molecule has 0 bridgehead atoms. The van der Waals surface area contributed by atoms with Gasteiger partial charge >= 0.3 is 0 Å². The van der Waals surface area contributed by atoms with Gasteiger partial charge in [0.2, 0.25) is 0 Å². The van der Waals surface area contributed by atoms with Crippen LogP contribution in [0.15, 0.2) is 41.5 Å². The third-order valence-electron chi connectivity index (χ3n) is 5.11. The van der Waals surface area contributed by atoms with Crippen molar-refractivity contribution < 1.29 is 4.74 Å². The van der Waals surface area contributed by atoms with Gasteiger partial charge in [0.1, 0.15) is 0 Å². The van der Waals surface area contributed by atoms with Crippen molar-refractivity contribution in [3.8, 4) is 0 Å². The number of benzene rings is 1. The number of para-hydroxylation sites is 1. The second kappa shape index (κ2) is 10.3. The minimum atomic E-state index is 0.758. The Morgan fingerprint density at radius 1 is 1.19 bits per heavy atom. The van der Waals surface area contributed by atoms with Gasteiger partial charge in [-0.05, 0) is 36.8 Å². The van der Waals surface area contributed by atoms with Gasteiger partial charge in [-0.3, -0.25) is 9.89 Å². The second-order valence-electron chi connectivity index (χ2n) is 7.11. The van der Waals surface area contributed by atoms with Crippen molar-refractivity contribution in [3.63, 3.8) is 0 Å². The van der Waals surface area contributed by atoms with E-state index in [1.54, 1.807) is 7.11 Å². The lowest BCUT2D eigenvalue weighted by molar-refractivity contribution is 0.144. The van der Waals surface area contributed by atoms with Crippen LogP contribution in [0.2, 0.25) is 0 Å². The molecule has 0 radical (unpaired) electrons. The number of aliphatic imine (C=N–C) groups is 1. The van der Waals surface area contributed by atoms with Crippen molar-refractivity contribution in [2.75, 3.05) is 46.9 Å². The van der Waals surface area contributed by atoms with E-state index in [1.807, 2.05) is 7.05 Å². The number of hydrogen-bond donors (Lipinski definition) is 2. The predicted molar refractivity (Wildman–Crippen MR) is 112 cm³/mol. The summed E-state index contributed by atoms with van der Waals surface area (Å²) in [5.41, 5.74) is 1.30. The van der Waals surface area contributed by atoms with Gasteiger partial charge in [0, 0.05) is 64.6 Å². The first-order chi connectivity index (χ1) is 13.3. The lowest BCUT2D eigenvalue weighted by Gasteiger charge is -2.22. The van der Waals surface area contributed by atoms with Crippen LogP contribution >= 0.6 is 0 Å². The molecular formula is C21H33N5O. The first-order valence-electron chi connectivity index (χ1n) is 10.0. The maximum atomic E-state index is 5.22. The van der Waals surface area contributed by atoms with Gasteiger partial charge in [-0.15, -0.1) is 0 Å². The van der Waals surface area contributed by atoms with Gasteiger partial charge in [-0.2, -0.15) is 0 Å². The Labute approximate surface area is 162 Å². The lowest BCUT2D eigenvalue weighted by atomic mass is 10.2. The Morgan fingerprint density at radius 3 is 2.78 bits per heavy atom. The molecule has 148 valence electrons. The zero-order valence-corrected chi connectivity index (χ0v) is 16.7. The highest BCUT2D eigenvalue weighted by atomic mass is 16.5. The van der Waals surface area contributed by atoms with Crippen LogP contribution in [-0.2, 0) is 11.3 Å². The average Bonchev–Trinajstić information content (AvgIpc) is 3.46. The summed E-state index contributed by atoms with van der Waals surface area (Å²) >= 11 is 0. The number of nitrogens with one attached hydrogen (secondary N) is 2. The number of guanidine groups is 1. The van der Waals surface area contributed by atoms with E-state index in [4.69, 9.17) is 4.74 Å². The summed E-state index contributed by atoms with van der Waals surface area (Å²) in [5, 5.41) is 8.16. The average molecular weight is 372 g/mol.